The molecule has 3 rings (SSSR count). The minimum absolute atomic E-state index is 0.00685. The third-order valence-corrected chi connectivity index (χ3v) is 8.48. The molecule has 2 fully saturated rings. The van der Waals surface area contributed by atoms with Crippen LogP contribution < -0.4 is 0 Å². The number of ketones is 1. The number of alkyl halides is 1. The summed E-state index contributed by atoms with van der Waals surface area (Å²) in [7, 11) is 1.40. The number of allylic oxidation sites excluding steroid dienone is 1. The molecule has 0 amide bonds. The van der Waals surface area contributed by atoms with Crippen molar-refractivity contribution < 1.29 is 23.8 Å². The number of unbranched alkanes of at least 4 members (excludes halogenated alkanes) is 2. The van der Waals surface area contributed by atoms with E-state index in [1.54, 1.807) is 6.08 Å². The van der Waals surface area contributed by atoms with Crippen LogP contribution in [-0.2, 0) is 25.4 Å². The van der Waals surface area contributed by atoms with Gasteiger partial charge in [0, 0.05) is 29.2 Å². The lowest BCUT2D eigenvalue weighted by Gasteiger charge is -2.29. The maximum atomic E-state index is 12.4. The SMILES string of the molecule is CCCCCC(=O)C=C[C@@H]1[C@@H](CCCc2ccc(C(=O)OC)s2)[C@H](Cl)C[C@H]1OC1CCCCO1. The van der Waals surface area contributed by atoms with Crippen LogP contribution in [0.3, 0.4) is 0 Å². The van der Waals surface area contributed by atoms with Crippen molar-refractivity contribution in [2.45, 2.75) is 95.3 Å². The Balaban J connectivity index is 1.61. The molecule has 34 heavy (non-hydrogen) atoms. The summed E-state index contributed by atoms with van der Waals surface area (Å²) in [6.07, 6.45) is 14.1. The van der Waals surface area contributed by atoms with E-state index in [0.717, 1.165) is 70.8 Å². The Morgan fingerprint density at radius 1 is 1.24 bits per heavy atom. The van der Waals surface area contributed by atoms with Crippen LogP contribution in [-0.4, -0.2) is 43.2 Å². The Morgan fingerprint density at radius 2 is 2.09 bits per heavy atom. The Hall–Kier alpha value is -1.21. The van der Waals surface area contributed by atoms with E-state index >= 15 is 0 Å². The van der Waals surface area contributed by atoms with Gasteiger partial charge >= 0.3 is 5.97 Å². The number of hydrogen-bond donors (Lipinski definition) is 0. The highest BCUT2D eigenvalue weighted by Crippen LogP contribution is 2.42. The second-order valence-corrected chi connectivity index (χ2v) is 11.1. The molecule has 0 bridgehead atoms. The number of rotatable bonds is 13. The molecular formula is C27H39ClO5S. The van der Waals surface area contributed by atoms with E-state index in [1.165, 1.54) is 23.3 Å². The van der Waals surface area contributed by atoms with Crippen LogP contribution in [0.5, 0.6) is 0 Å². The lowest BCUT2D eigenvalue weighted by Crippen LogP contribution is -2.30. The van der Waals surface area contributed by atoms with Gasteiger partial charge < -0.3 is 14.2 Å². The van der Waals surface area contributed by atoms with Crippen LogP contribution in [0.2, 0.25) is 0 Å². The highest BCUT2D eigenvalue weighted by atomic mass is 35.5. The summed E-state index contributed by atoms with van der Waals surface area (Å²) in [5, 5.41) is 0.00685. The summed E-state index contributed by atoms with van der Waals surface area (Å²) in [4.78, 5) is 25.9. The third-order valence-electron chi connectivity index (χ3n) is 6.85. The molecule has 2 heterocycles. The molecule has 1 aliphatic carbocycles. The first-order valence-electron chi connectivity index (χ1n) is 12.8. The van der Waals surface area contributed by atoms with Gasteiger partial charge in [0.2, 0.25) is 0 Å². The standard InChI is InChI=1S/C27H39ClO5S/c1-3-4-5-9-19(29)13-15-22-21(11-8-10-20-14-16-25(34-20)27(30)31-2)23(28)18-24(22)33-26-12-6-7-17-32-26/h13-16,21-24,26H,3-12,17-18H2,1-2H3/t21-,22-,23-,24-,26?/m1/s1. The number of thiophene rings is 1. The fourth-order valence-electron chi connectivity index (χ4n) is 4.96. The molecule has 0 spiro atoms. The van der Waals surface area contributed by atoms with Crippen LogP contribution in [0.15, 0.2) is 24.3 Å². The summed E-state index contributed by atoms with van der Waals surface area (Å²) in [5.41, 5.74) is 0. The number of aryl methyl sites for hydroxylation is 1. The third kappa shape index (κ3) is 8.18. The van der Waals surface area contributed by atoms with E-state index in [4.69, 9.17) is 25.8 Å². The molecule has 2 aliphatic rings. The fourth-order valence-corrected chi connectivity index (χ4v) is 6.39. The maximum absolute atomic E-state index is 12.4. The number of esters is 1. The van der Waals surface area contributed by atoms with Crippen molar-refractivity contribution in [3.8, 4) is 0 Å². The van der Waals surface area contributed by atoms with Gasteiger partial charge in [-0.2, -0.15) is 0 Å². The summed E-state index contributed by atoms with van der Waals surface area (Å²) >= 11 is 8.34. The molecular weight excluding hydrogens is 472 g/mol. The minimum Gasteiger partial charge on any atom is -0.465 e. The Kier molecular flexibility index (Phi) is 11.6. The van der Waals surface area contributed by atoms with Gasteiger partial charge in [0.15, 0.2) is 12.1 Å². The average Bonchev–Trinajstić information content (AvgIpc) is 3.42. The highest BCUT2D eigenvalue weighted by molar-refractivity contribution is 7.13. The van der Waals surface area contributed by atoms with Crippen LogP contribution in [0.25, 0.3) is 0 Å². The zero-order valence-corrected chi connectivity index (χ0v) is 22.1. The summed E-state index contributed by atoms with van der Waals surface area (Å²) < 4.78 is 17.0. The number of carbonyl (C=O) groups excluding carboxylic acids is 2. The van der Waals surface area contributed by atoms with Gasteiger partial charge in [-0.05, 0) is 75.5 Å². The van der Waals surface area contributed by atoms with E-state index in [-0.39, 0.29) is 41.4 Å². The molecule has 1 aromatic heterocycles. The van der Waals surface area contributed by atoms with Crippen LogP contribution in [0.1, 0.15) is 85.7 Å². The average molecular weight is 511 g/mol. The van der Waals surface area contributed by atoms with Gasteiger partial charge in [0.05, 0.1) is 13.2 Å². The molecule has 1 aromatic rings. The van der Waals surface area contributed by atoms with Crippen molar-refractivity contribution in [2.75, 3.05) is 13.7 Å². The summed E-state index contributed by atoms with van der Waals surface area (Å²) in [6, 6.07) is 3.83. The minimum atomic E-state index is -0.286. The molecule has 1 aliphatic heterocycles. The van der Waals surface area contributed by atoms with Gasteiger partial charge in [-0.15, -0.1) is 22.9 Å². The number of methoxy groups -OCH3 is 1. The Morgan fingerprint density at radius 3 is 2.82 bits per heavy atom. The maximum Gasteiger partial charge on any atom is 0.348 e. The smallest absolute Gasteiger partial charge is 0.348 e. The van der Waals surface area contributed by atoms with E-state index in [2.05, 4.69) is 13.0 Å². The van der Waals surface area contributed by atoms with Crippen LogP contribution in [0, 0.1) is 11.8 Å². The topological polar surface area (TPSA) is 61.8 Å². The number of carbonyl (C=O) groups is 2. The van der Waals surface area contributed by atoms with E-state index in [0.29, 0.717) is 11.3 Å². The van der Waals surface area contributed by atoms with Crippen molar-refractivity contribution in [3.05, 3.63) is 34.0 Å². The van der Waals surface area contributed by atoms with Gasteiger partial charge in [0.25, 0.3) is 0 Å². The van der Waals surface area contributed by atoms with Gasteiger partial charge in [-0.3, -0.25) is 4.79 Å². The van der Waals surface area contributed by atoms with E-state index in [1.807, 2.05) is 12.1 Å². The number of ether oxygens (including phenoxy) is 3. The summed E-state index contributed by atoms with van der Waals surface area (Å²) in [6.45, 7) is 2.89. The molecule has 1 saturated carbocycles. The number of hydrogen-bond acceptors (Lipinski definition) is 6. The molecule has 0 N–H and O–H groups in total. The zero-order chi connectivity index (χ0) is 24.3. The van der Waals surface area contributed by atoms with Crippen molar-refractivity contribution >= 4 is 34.7 Å². The van der Waals surface area contributed by atoms with Gasteiger partial charge in [0.1, 0.15) is 4.88 Å². The largest absolute Gasteiger partial charge is 0.465 e. The first kappa shape index (κ1) is 27.4. The van der Waals surface area contributed by atoms with Crippen molar-refractivity contribution in [2.24, 2.45) is 11.8 Å². The molecule has 5 nitrogen and oxygen atoms in total. The first-order chi connectivity index (χ1) is 16.5. The zero-order valence-electron chi connectivity index (χ0n) is 20.5. The fraction of sp³-hybridized carbons (Fsp3) is 0.704. The van der Waals surface area contributed by atoms with Crippen molar-refractivity contribution in [1.29, 1.82) is 0 Å². The summed E-state index contributed by atoms with van der Waals surface area (Å²) in [5.74, 6) is 0.255. The predicted octanol–water partition coefficient (Wildman–Crippen LogP) is 6.72. The monoisotopic (exact) mass is 510 g/mol. The second kappa shape index (κ2) is 14.4. The molecule has 0 aromatic carbocycles. The van der Waals surface area contributed by atoms with Crippen LogP contribution >= 0.6 is 22.9 Å². The Labute approximate surface area is 213 Å². The molecule has 1 unspecified atom stereocenters. The highest BCUT2D eigenvalue weighted by Gasteiger charge is 2.42. The van der Waals surface area contributed by atoms with Crippen molar-refractivity contribution in [1.82, 2.24) is 0 Å². The van der Waals surface area contributed by atoms with Gasteiger partial charge in [-0.1, -0.05) is 25.8 Å². The molecule has 7 heteroatoms. The molecule has 5 atom stereocenters. The molecule has 190 valence electrons. The normalized spacial score (nSPS) is 27.3. The van der Waals surface area contributed by atoms with E-state index < -0.39 is 0 Å². The molecule has 0 radical (unpaired) electrons. The quantitative estimate of drug-likeness (QED) is 0.127. The van der Waals surface area contributed by atoms with Gasteiger partial charge in [-0.25, -0.2) is 4.79 Å². The predicted molar refractivity (Wildman–Crippen MR) is 137 cm³/mol. The lowest BCUT2D eigenvalue weighted by atomic mass is 9.89. The lowest BCUT2D eigenvalue weighted by molar-refractivity contribution is -0.192. The number of halogens is 1. The molecule has 1 saturated heterocycles. The Bertz CT molecular complexity index is 801. The first-order valence-corrected chi connectivity index (χ1v) is 14.1. The second-order valence-electron chi connectivity index (χ2n) is 9.40. The van der Waals surface area contributed by atoms with E-state index in [9.17, 15) is 9.59 Å². The van der Waals surface area contributed by atoms with Crippen molar-refractivity contribution in [3.63, 3.8) is 0 Å². The van der Waals surface area contributed by atoms with Crippen LogP contribution in [0.4, 0.5) is 0 Å².